The maximum atomic E-state index is 13.3. The number of nitrogens with zero attached hydrogens (tertiary/aromatic N) is 1. The minimum Gasteiger partial charge on any atom is -0.294 e. The number of carbonyl (C=O) groups is 1. The van der Waals surface area contributed by atoms with Crippen LogP contribution in [-0.2, 0) is 0 Å². The Labute approximate surface area is 98.6 Å². The topological polar surface area (TPSA) is 30.0 Å². The third kappa shape index (κ3) is 2.82. The molecule has 1 aliphatic rings. The highest BCUT2D eigenvalue weighted by Gasteiger charge is 2.19. The van der Waals surface area contributed by atoms with Gasteiger partial charge in [-0.2, -0.15) is 11.8 Å². The van der Waals surface area contributed by atoms with Gasteiger partial charge >= 0.3 is 0 Å². The molecule has 0 unspecified atom stereocenters. The first-order valence-electron chi connectivity index (χ1n) is 5.48. The molecule has 0 aromatic carbocycles. The standard InChI is InChI=1S/C12H14FNOS/c13-11-8-14-4-1-10(11)12(15)7-9-2-5-16-6-3-9/h1,4,8-9H,2-3,5-7H2. The zero-order valence-electron chi connectivity index (χ0n) is 8.99. The monoisotopic (exact) mass is 239 g/mol. The molecule has 4 heteroatoms. The number of thioether (sulfide) groups is 1. The van der Waals surface area contributed by atoms with Crippen molar-refractivity contribution in [3.05, 3.63) is 29.8 Å². The van der Waals surface area contributed by atoms with E-state index in [1.54, 1.807) is 0 Å². The summed E-state index contributed by atoms with van der Waals surface area (Å²) in [7, 11) is 0. The second kappa shape index (κ2) is 5.43. The summed E-state index contributed by atoms with van der Waals surface area (Å²) in [6.07, 6.45) is 5.19. The van der Waals surface area contributed by atoms with E-state index in [-0.39, 0.29) is 11.3 Å². The van der Waals surface area contributed by atoms with E-state index >= 15 is 0 Å². The SMILES string of the molecule is O=C(CC1CCSCC1)c1ccncc1F. The quantitative estimate of drug-likeness (QED) is 0.760. The number of Topliss-reactive ketones (excluding diaryl/α,β-unsaturated/α-hetero) is 1. The van der Waals surface area contributed by atoms with E-state index in [1.165, 1.54) is 12.3 Å². The Bertz CT molecular complexity index is 377. The summed E-state index contributed by atoms with van der Waals surface area (Å²) in [5.74, 6) is 2.09. The molecule has 0 spiro atoms. The summed E-state index contributed by atoms with van der Waals surface area (Å²) in [5.41, 5.74) is 0.188. The molecule has 2 rings (SSSR count). The molecule has 0 atom stereocenters. The minimum atomic E-state index is -0.502. The Kier molecular flexibility index (Phi) is 3.93. The molecule has 16 heavy (non-hydrogen) atoms. The molecule has 0 bridgehead atoms. The van der Waals surface area contributed by atoms with Gasteiger partial charge in [-0.15, -0.1) is 0 Å². The number of aromatic nitrogens is 1. The van der Waals surface area contributed by atoms with E-state index in [0.29, 0.717) is 12.3 Å². The van der Waals surface area contributed by atoms with Gasteiger partial charge in [0.2, 0.25) is 0 Å². The zero-order valence-corrected chi connectivity index (χ0v) is 9.80. The summed E-state index contributed by atoms with van der Waals surface area (Å²) >= 11 is 1.93. The number of hydrogen-bond acceptors (Lipinski definition) is 3. The highest BCUT2D eigenvalue weighted by atomic mass is 32.2. The lowest BCUT2D eigenvalue weighted by Gasteiger charge is -2.20. The molecule has 1 aliphatic heterocycles. The molecule has 1 saturated heterocycles. The van der Waals surface area contributed by atoms with Gasteiger partial charge in [0.1, 0.15) is 0 Å². The van der Waals surface area contributed by atoms with Crippen molar-refractivity contribution in [3.63, 3.8) is 0 Å². The van der Waals surface area contributed by atoms with Crippen molar-refractivity contribution in [1.82, 2.24) is 4.98 Å². The Morgan fingerprint density at radius 1 is 1.50 bits per heavy atom. The van der Waals surface area contributed by atoms with Crippen LogP contribution >= 0.6 is 11.8 Å². The first-order valence-corrected chi connectivity index (χ1v) is 6.63. The number of carbonyl (C=O) groups excluding carboxylic acids is 1. The molecule has 2 heterocycles. The second-order valence-corrected chi connectivity index (χ2v) is 5.26. The maximum Gasteiger partial charge on any atom is 0.166 e. The fraction of sp³-hybridized carbons (Fsp3) is 0.500. The van der Waals surface area contributed by atoms with E-state index in [4.69, 9.17) is 0 Å². The summed E-state index contributed by atoms with van der Waals surface area (Å²) in [6.45, 7) is 0. The van der Waals surface area contributed by atoms with Crippen LogP contribution in [0.4, 0.5) is 4.39 Å². The van der Waals surface area contributed by atoms with E-state index in [1.807, 2.05) is 11.8 Å². The summed E-state index contributed by atoms with van der Waals surface area (Å²) in [5, 5.41) is 0. The Morgan fingerprint density at radius 3 is 2.94 bits per heavy atom. The fourth-order valence-electron chi connectivity index (χ4n) is 1.92. The summed E-state index contributed by atoms with van der Waals surface area (Å²) in [4.78, 5) is 15.5. The van der Waals surface area contributed by atoms with Gasteiger partial charge in [0.15, 0.2) is 11.6 Å². The number of ketones is 1. The van der Waals surface area contributed by atoms with E-state index < -0.39 is 5.82 Å². The number of pyridine rings is 1. The number of hydrogen-bond donors (Lipinski definition) is 0. The van der Waals surface area contributed by atoms with E-state index in [0.717, 1.165) is 30.5 Å². The lowest BCUT2D eigenvalue weighted by Crippen LogP contribution is -2.15. The van der Waals surface area contributed by atoms with Crippen molar-refractivity contribution in [2.24, 2.45) is 5.92 Å². The van der Waals surface area contributed by atoms with Crippen LogP contribution < -0.4 is 0 Å². The van der Waals surface area contributed by atoms with Crippen LogP contribution in [-0.4, -0.2) is 22.3 Å². The second-order valence-electron chi connectivity index (χ2n) is 4.04. The molecular weight excluding hydrogens is 225 g/mol. The molecule has 1 fully saturated rings. The summed E-state index contributed by atoms with van der Waals surface area (Å²) in [6, 6.07) is 1.47. The maximum absolute atomic E-state index is 13.3. The highest BCUT2D eigenvalue weighted by Crippen LogP contribution is 2.26. The number of halogens is 1. The highest BCUT2D eigenvalue weighted by molar-refractivity contribution is 7.99. The lowest BCUT2D eigenvalue weighted by atomic mass is 9.94. The molecular formula is C12H14FNOS. The fourth-order valence-corrected chi connectivity index (χ4v) is 3.13. The Balaban J connectivity index is 2.00. The van der Waals surface area contributed by atoms with Crippen molar-refractivity contribution in [3.8, 4) is 0 Å². The molecule has 0 aliphatic carbocycles. The van der Waals surface area contributed by atoms with Crippen molar-refractivity contribution in [1.29, 1.82) is 0 Å². The predicted octanol–water partition coefficient (Wildman–Crippen LogP) is 2.94. The van der Waals surface area contributed by atoms with Crippen molar-refractivity contribution in [2.45, 2.75) is 19.3 Å². The van der Waals surface area contributed by atoms with Crippen LogP contribution in [0.3, 0.4) is 0 Å². The smallest absolute Gasteiger partial charge is 0.166 e. The van der Waals surface area contributed by atoms with E-state index in [2.05, 4.69) is 4.98 Å². The lowest BCUT2D eigenvalue weighted by molar-refractivity contribution is 0.0954. The normalized spacial score (nSPS) is 17.3. The van der Waals surface area contributed by atoms with Gasteiger partial charge in [-0.1, -0.05) is 0 Å². The molecule has 0 radical (unpaired) electrons. The molecule has 0 saturated carbocycles. The van der Waals surface area contributed by atoms with Crippen LogP contribution in [0.25, 0.3) is 0 Å². The van der Waals surface area contributed by atoms with Gasteiger partial charge < -0.3 is 0 Å². The first-order chi connectivity index (χ1) is 7.77. The largest absolute Gasteiger partial charge is 0.294 e. The summed E-state index contributed by atoms with van der Waals surface area (Å²) < 4.78 is 13.3. The molecule has 0 N–H and O–H groups in total. The van der Waals surface area contributed by atoms with Gasteiger partial charge in [0.05, 0.1) is 11.8 Å². The molecule has 1 aromatic rings. The minimum absolute atomic E-state index is 0.0863. The molecule has 1 aromatic heterocycles. The van der Waals surface area contributed by atoms with Crippen LogP contribution in [0.2, 0.25) is 0 Å². The predicted molar refractivity (Wildman–Crippen MR) is 63.2 cm³/mol. The first kappa shape index (κ1) is 11.6. The van der Waals surface area contributed by atoms with E-state index in [9.17, 15) is 9.18 Å². The average molecular weight is 239 g/mol. The Morgan fingerprint density at radius 2 is 2.25 bits per heavy atom. The van der Waals surface area contributed by atoms with Gasteiger partial charge in [-0.05, 0) is 36.3 Å². The van der Waals surface area contributed by atoms with Crippen LogP contribution in [0.5, 0.6) is 0 Å². The van der Waals surface area contributed by atoms with Crippen molar-refractivity contribution < 1.29 is 9.18 Å². The Hall–Kier alpha value is -0.900. The molecule has 0 amide bonds. The van der Waals surface area contributed by atoms with Crippen LogP contribution in [0.15, 0.2) is 18.5 Å². The van der Waals surface area contributed by atoms with Crippen LogP contribution in [0, 0.1) is 11.7 Å². The van der Waals surface area contributed by atoms with Crippen LogP contribution in [0.1, 0.15) is 29.6 Å². The molecule has 86 valence electrons. The third-order valence-corrected chi connectivity index (χ3v) is 3.94. The van der Waals surface area contributed by atoms with Gasteiger partial charge in [-0.3, -0.25) is 9.78 Å². The van der Waals surface area contributed by atoms with Gasteiger partial charge in [-0.25, -0.2) is 4.39 Å². The van der Waals surface area contributed by atoms with Gasteiger partial charge in [0.25, 0.3) is 0 Å². The van der Waals surface area contributed by atoms with Crippen molar-refractivity contribution >= 4 is 17.5 Å². The van der Waals surface area contributed by atoms with Gasteiger partial charge in [0, 0.05) is 12.6 Å². The zero-order chi connectivity index (χ0) is 11.4. The van der Waals surface area contributed by atoms with Crippen molar-refractivity contribution in [2.75, 3.05) is 11.5 Å². The number of rotatable bonds is 3. The third-order valence-electron chi connectivity index (χ3n) is 2.89. The average Bonchev–Trinajstić information content (AvgIpc) is 2.31. The molecule has 2 nitrogen and oxygen atoms in total.